The molecule has 2 N–H and O–H groups in total. The van der Waals surface area contributed by atoms with Gasteiger partial charge in [0.05, 0.1) is 5.92 Å². The highest BCUT2D eigenvalue weighted by molar-refractivity contribution is 5.94. The molecule has 2 amide bonds. The van der Waals surface area contributed by atoms with E-state index in [0.29, 0.717) is 24.4 Å². The fraction of sp³-hybridized carbons (Fsp3) is 0.222. The summed E-state index contributed by atoms with van der Waals surface area (Å²) in [5, 5.41) is 5.58. The molecule has 0 aromatic heterocycles. The topological polar surface area (TPSA) is 67.4 Å². The molecule has 0 saturated carbocycles. The van der Waals surface area contributed by atoms with Gasteiger partial charge in [-0.2, -0.15) is 0 Å². The number of benzene rings is 2. The van der Waals surface area contributed by atoms with Crippen molar-refractivity contribution in [3.63, 3.8) is 0 Å². The molecule has 23 heavy (non-hydrogen) atoms. The third-order valence-corrected chi connectivity index (χ3v) is 3.70. The predicted octanol–water partition coefficient (Wildman–Crippen LogP) is 2.83. The fourth-order valence-corrected chi connectivity index (χ4v) is 2.62. The Labute approximate surface area is 134 Å². The Balaban J connectivity index is 1.67. The van der Waals surface area contributed by atoms with E-state index in [1.165, 1.54) is 6.92 Å². The van der Waals surface area contributed by atoms with E-state index in [0.717, 1.165) is 11.3 Å². The van der Waals surface area contributed by atoms with Crippen molar-refractivity contribution in [2.24, 2.45) is 5.92 Å². The van der Waals surface area contributed by atoms with Gasteiger partial charge in [0.1, 0.15) is 12.4 Å². The molecule has 0 saturated heterocycles. The summed E-state index contributed by atoms with van der Waals surface area (Å²) < 4.78 is 5.65. The lowest BCUT2D eigenvalue weighted by Crippen LogP contribution is -2.32. The minimum atomic E-state index is -0.227. The summed E-state index contributed by atoms with van der Waals surface area (Å²) in [5.74, 6) is 0.392. The molecule has 0 fully saturated rings. The largest absolute Gasteiger partial charge is 0.492 e. The van der Waals surface area contributed by atoms with E-state index in [4.69, 9.17) is 4.74 Å². The summed E-state index contributed by atoms with van der Waals surface area (Å²) in [7, 11) is 0. The predicted molar refractivity (Wildman–Crippen MR) is 88.5 cm³/mol. The number of para-hydroxylation sites is 1. The molecule has 0 bridgehead atoms. The quantitative estimate of drug-likeness (QED) is 0.916. The SMILES string of the molecule is CC(=O)Nc1cccc(NC(=O)C2COc3ccccc3C2)c1. The number of rotatable bonds is 3. The molecule has 2 aromatic rings. The Bertz CT molecular complexity index is 743. The van der Waals surface area contributed by atoms with Gasteiger partial charge in [-0.05, 0) is 36.2 Å². The van der Waals surface area contributed by atoms with Crippen LogP contribution in [0.5, 0.6) is 5.75 Å². The van der Waals surface area contributed by atoms with Crippen molar-refractivity contribution in [1.82, 2.24) is 0 Å². The smallest absolute Gasteiger partial charge is 0.231 e. The van der Waals surface area contributed by atoms with Crippen LogP contribution in [0, 0.1) is 5.92 Å². The van der Waals surface area contributed by atoms with Crippen LogP contribution in [0.2, 0.25) is 0 Å². The van der Waals surface area contributed by atoms with Crippen molar-refractivity contribution >= 4 is 23.2 Å². The van der Waals surface area contributed by atoms with Gasteiger partial charge < -0.3 is 15.4 Å². The van der Waals surface area contributed by atoms with Crippen LogP contribution in [-0.2, 0) is 16.0 Å². The maximum atomic E-state index is 12.4. The molecular weight excluding hydrogens is 292 g/mol. The summed E-state index contributed by atoms with van der Waals surface area (Å²) in [5.41, 5.74) is 2.35. The number of hydrogen-bond donors (Lipinski definition) is 2. The number of hydrogen-bond acceptors (Lipinski definition) is 3. The first-order chi connectivity index (χ1) is 11.1. The number of fused-ring (bicyclic) bond motifs is 1. The lowest BCUT2D eigenvalue weighted by molar-refractivity contribution is -0.121. The van der Waals surface area contributed by atoms with Gasteiger partial charge in [-0.15, -0.1) is 0 Å². The monoisotopic (exact) mass is 310 g/mol. The first-order valence-corrected chi connectivity index (χ1v) is 7.51. The van der Waals surface area contributed by atoms with E-state index in [1.54, 1.807) is 24.3 Å². The van der Waals surface area contributed by atoms with Crippen molar-refractivity contribution in [3.8, 4) is 5.75 Å². The summed E-state index contributed by atoms with van der Waals surface area (Å²) in [4.78, 5) is 23.5. The van der Waals surface area contributed by atoms with Gasteiger partial charge >= 0.3 is 0 Å². The van der Waals surface area contributed by atoms with Crippen LogP contribution < -0.4 is 15.4 Å². The minimum Gasteiger partial charge on any atom is -0.492 e. The van der Waals surface area contributed by atoms with Crippen LogP contribution in [0.3, 0.4) is 0 Å². The number of amides is 2. The molecule has 1 heterocycles. The zero-order valence-electron chi connectivity index (χ0n) is 12.8. The number of nitrogens with one attached hydrogen (secondary N) is 2. The molecule has 1 atom stereocenters. The van der Waals surface area contributed by atoms with E-state index in [2.05, 4.69) is 10.6 Å². The summed E-state index contributed by atoms with van der Waals surface area (Å²) in [6.45, 7) is 1.82. The zero-order valence-corrected chi connectivity index (χ0v) is 12.8. The van der Waals surface area contributed by atoms with Gasteiger partial charge in [0.25, 0.3) is 0 Å². The van der Waals surface area contributed by atoms with E-state index in [9.17, 15) is 9.59 Å². The molecule has 0 spiro atoms. The van der Waals surface area contributed by atoms with Crippen LogP contribution in [0.1, 0.15) is 12.5 Å². The average Bonchev–Trinajstić information content (AvgIpc) is 2.54. The van der Waals surface area contributed by atoms with Crippen LogP contribution >= 0.6 is 0 Å². The summed E-state index contributed by atoms with van der Waals surface area (Å²) in [6, 6.07) is 14.8. The second-order valence-electron chi connectivity index (χ2n) is 5.57. The molecule has 2 aromatic carbocycles. The molecule has 1 aliphatic heterocycles. The third-order valence-electron chi connectivity index (χ3n) is 3.70. The van der Waals surface area contributed by atoms with Crippen molar-refractivity contribution in [1.29, 1.82) is 0 Å². The summed E-state index contributed by atoms with van der Waals surface area (Å²) in [6.07, 6.45) is 0.660. The molecule has 5 heteroatoms. The Kier molecular flexibility index (Phi) is 4.28. The second kappa shape index (κ2) is 6.52. The zero-order chi connectivity index (χ0) is 16.2. The summed E-state index contributed by atoms with van der Waals surface area (Å²) >= 11 is 0. The Morgan fingerprint density at radius 1 is 1.04 bits per heavy atom. The molecule has 0 radical (unpaired) electrons. The van der Waals surface area contributed by atoms with Crippen LogP contribution in [0.25, 0.3) is 0 Å². The van der Waals surface area contributed by atoms with Crippen molar-refractivity contribution in [3.05, 3.63) is 54.1 Å². The molecule has 3 rings (SSSR count). The number of carbonyl (C=O) groups is 2. The normalized spacial score (nSPS) is 16.0. The molecule has 118 valence electrons. The Morgan fingerprint density at radius 2 is 1.78 bits per heavy atom. The van der Waals surface area contributed by atoms with Crippen molar-refractivity contribution in [2.45, 2.75) is 13.3 Å². The molecular formula is C18H18N2O3. The first kappa shape index (κ1) is 15.1. The number of ether oxygens (including phenoxy) is 1. The molecule has 5 nitrogen and oxygen atoms in total. The van der Waals surface area contributed by atoms with Crippen LogP contribution in [0.15, 0.2) is 48.5 Å². The average molecular weight is 310 g/mol. The van der Waals surface area contributed by atoms with E-state index < -0.39 is 0 Å². The fourth-order valence-electron chi connectivity index (χ4n) is 2.62. The molecule has 1 unspecified atom stereocenters. The van der Waals surface area contributed by atoms with Gasteiger partial charge in [0.15, 0.2) is 0 Å². The second-order valence-corrected chi connectivity index (χ2v) is 5.57. The van der Waals surface area contributed by atoms with Crippen LogP contribution in [0.4, 0.5) is 11.4 Å². The Hall–Kier alpha value is -2.82. The minimum absolute atomic E-state index is 0.0838. The highest BCUT2D eigenvalue weighted by Crippen LogP contribution is 2.27. The van der Waals surface area contributed by atoms with Gasteiger partial charge in [-0.1, -0.05) is 24.3 Å². The van der Waals surface area contributed by atoms with Gasteiger partial charge in [-0.25, -0.2) is 0 Å². The van der Waals surface area contributed by atoms with Gasteiger partial charge in [-0.3, -0.25) is 9.59 Å². The van der Waals surface area contributed by atoms with Crippen LogP contribution in [-0.4, -0.2) is 18.4 Å². The number of carbonyl (C=O) groups excluding carboxylic acids is 2. The Morgan fingerprint density at radius 3 is 2.57 bits per heavy atom. The van der Waals surface area contributed by atoms with E-state index in [-0.39, 0.29) is 17.7 Å². The maximum absolute atomic E-state index is 12.4. The molecule has 1 aliphatic rings. The van der Waals surface area contributed by atoms with Crippen molar-refractivity contribution in [2.75, 3.05) is 17.2 Å². The van der Waals surface area contributed by atoms with E-state index >= 15 is 0 Å². The maximum Gasteiger partial charge on any atom is 0.231 e. The molecule has 0 aliphatic carbocycles. The third kappa shape index (κ3) is 3.69. The standard InChI is InChI=1S/C18H18N2O3/c1-12(21)19-15-6-4-7-16(10-15)20-18(22)14-9-13-5-2-3-8-17(13)23-11-14/h2-8,10,14H,9,11H2,1H3,(H,19,21)(H,20,22). The van der Waals surface area contributed by atoms with Crippen molar-refractivity contribution < 1.29 is 14.3 Å². The number of anilines is 2. The lowest BCUT2D eigenvalue weighted by atomic mass is 9.96. The van der Waals surface area contributed by atoms with Gasteiger partial charge in [0.2, 0.25) is 11.8 Å². The van der Waals surface area contributed by atoms with E-state index in [1.807, 2.05) is 24.3 Å². The first-order valence-electron chi connectivity index (χ1n) is 7.51. The highest BCUT2D eigenvalue weighted by atomic mass is 16.5. The van der Waals surface area contributed by atoms with Gasteiger partial charge in [0, 0.05) is 18.3 Å². The lowest BCUT2D eigenvalue weighted by Gasteiger charge is -2.24. The highest BCUT2D eigenvalue weighted by Gasteiger charge is 2.25.